The lowest BCUT2D eigenvalue weighted by atomic mass is 10.1. The standard InChI is InChI=1S/C16H24N2O3S/c1-4-18(22(20,21)5-2)11-10-17-16-9-8-15(7-6-12-19)14(3)13-16/h6-9,12-13,17H,4-5,10-11H2,1-3H3/b7-6+. The number of aldehydes is 1. The number of nitrogens with zero attached hydrogens (tertiary/aromatic N) is 1. The molecule has 0 atom stereocenters. The molecular weight excluding hydrogens is 300 g/mol. The maximum absolute atomic E-state index is 11.8. The first kappa shape index (κ1) is 18.4. The molecule has 0 radical (unpaired) electrons. The van der Waals surface area contributed by atoms with Gasteiger partial charge in [-0.05, 0) is 43.2 Å². The Labute approximate surface area is 133 Å². The van der Waals surface area contributed by atoms with Crippen molar-refractivity contribution in [1.29, 1.82) is 0 Å². The zero-order valence-electron chi connectivity index (χ0n) is 13.4. The van der Waals surface area contributed by atoms with Gasteiger partial charge in [0.1, 0.15) is 6.29 Å². The highest BCUT2D eigenvalue weighted by molar-refractivity contribution is 7.89. The van der Waals surface area contributed by atoms with Gasteiger partial charge >= 0.3 is 0 Å². The predicted molar refractivity (Wildman–Crippen MR) is 91.5 cm³/mol. The van der Waals surface area contributed by atoms with Crippen molar-refractivity contribution < 1.29 is 13.2 Å². The van der Waals surface area contributed by atoms with Crippen LogP contribution < -0.4 is 5.32 Å². The molecule has 0 aliphatic heterocycles. The van der Waals surface area contributed by atoms with Crippen molar-refractivity contribution in [3.05, 3.63) is 35.4 Å². The fourth-order valence-corrected chi connectivity index (χ4v) is 3.25. The minimum Gasteiger partial charge on any atom is -0.384 e. The predicted octanol–water partition coefficient (Wildman–Crippen LogP) is 2.29. The Hall–Kier alpha value is -1.66. The number of carbonyl (C=O) groups is 1. The lowest BCUT2D eigenvalue weighted by molar-refractivity contribution is -0.104. The van der Waals surface area contributed by atoms with Crippen LogP contribution in [0.25, 0.3) is 6.08 Å². The van der Waals surface area contributed by atoms with Crippen LogP contribution in [0.15, 0.2) is 24.3 Å². The number of hydrogen-bond donors (Lipinski definition) is 1. The zero-order chi connectivity index (χ0) is 16.6. The number of carbonyl (C=O) groups excluding carboxylic acids is 1. The fraction of sp³-hybridized carbons (Fsp3) is 0.438. The first-order chi connectivity index (χ1) is 10.4. The number of rotatable bonds is 9. The molecule has 1 rings (SSSR count). The lowest BCUT2D eigenvalue weighted by Crippen LogP contribution is -2.35. The molecule has 0 unspecified atom stereocenters. The molecule has 6 heteroatoms. The molecular formula is C16H24N2O3S. The van der Waals surface area contributed by atoms with Crippen molar-refractivity contribution >= 4 is 28.1 Å². The van der Waals surface area contributed by atoms with Crippen molar-refractivity contribution in [2.45, 2.75) is 20.8 Å². The molecule has 0 aliphatic rings. The van der Waals surface area contributed by atoms with E-state index in [1.54, 1.807) is 13.0 Å². The summed E-state index contributed by atoms with van der Waals surface area (Å²) in [5.74, 6) is 0.123. The summed E-state index contributed by atoms with van der Waals surface area (Å²) in [4.78, 5) is 10.3. The summed E-state index contributed by atoms with van der Waals surface area (Å²) in [7, 11) is -3.14. The monoisotopic (exact) mass is 324 g/mol. The van der Waals surface area contributed by atoms with Gasteiger partial charge in [0, 0.05) is 25.3 Å². The summed E-state index contributed by atoms with van der Waals surface area (Å²) < 4.78 is 25.1. The smallest absolute Gasteiger partial charge is 0.213 e. The van der Waals surface area contributed by atoms with Gasteiger partial charge in [-0.2, -0.15) is 0 Å². The zero-order valence-corrected chi connectivity index (χ0v) is 14.2. The van der Waals surface area contributed by atoms with Gasteiger partial charge in [-0.1, -0.05) is 19.1 Å². The molecule has 0 heterocycles. The van der Waals surface area contributed by atoms with E-state index in [2.05, 4.69) is 5.32 Å². The second kappa shape index (κ2) is 8.70. The van der Waals surface area contributed by atoms with Crippen LogP contribution in [-0.4, -0.2) is 44.4 Å². The molecule has 1 N–H and O–H groups in total. The van der Waals surface area contributed by atoms with Gasteiger partial charge in [-0.25, -0.2) is 12.7 Å². The van der Waals surface area contributed by atoms with Crippen LogP contribution >= 0.6 is 0 Å². The van der Waals surface area contributed by atoms with E-state index in [1.807, 2.05) is 32.0 Å². The number of nitrogens with one attached hydrogen (secondary N) is 1. The van der Waals surface area contributed by atoms with Crippen LogP contribution in [0, 0.1) is 6.92 Å². The second-order valence-corrected chi connectivity index (χ2v) is 7.14. The molecule has 0 spiro atoms. The summed E-state index contributed by atoms with van der Waals surface area (Å²) in [5.41, 5.74) is 2.98. The van der Waals surface area contributed by atoms with E-state index in [-0.39, 0.29) is 5.75 Å². The van der Waals surface area contributed by atoms with Crippen molar-refractivity contribution in [3.63, 3.8) is 0 Å². The average molecular weight is 324 g/mol. The second-order valence-electron chi connectivity index (χ2n) is 4.89. The molecule has 22 heavy (non-hydrogen) atoms. The lowest BCUT2D eigenvalue weighted by Gasteiger charge is -2.20. The molecule has 0 aliphatic carbocycles. The van der Waals surface area contributed by atoms with E-state index in [9.17, 15) is 13.2 Å². The molecule has 0 amide bonds. The Balaban J connectivity index is 2.63. The fourth-order valence-electron chi connectivity index (χ4n) is 2.12. The maximum Gasteiger partial charge on any atom is 0.213 e. The molecule has 0 bridgehead atoms. The van der Waals surface area contributed by atoms with Crippen molar-refractivity contribution in [3.8, 4) is 0 Å². The highest BCUT2D eigenvalue weighted by atomic mass is 32.2. The number of anilines is 1. The van der Waals surface area contributed by atoms with Crippen LogP contribution in [0.3, 0.4) is 0 Å². The molecule has 1 aromatic rings. The minimum atomic E-state index is -3.14. The van der Waals surface area contributed by atoms with Crippen LogP contribution in [0.1, 0.15) is 25.0 Å². The summed E-state index contributed by atoms with van der Waals surface area (Å²) >= 11 is 0. The van der Waals surface area contributed by atoms with Crippen molar-refractivity contribution in [2.75, 3.05) is 30.7 Å². The van der Waals surface area contributed by atoms with E-state index in [0.717, 1.165) is 23.1 Å². The Morgan fingerprint density at radius 1 is 1.27 bits per heavy atom. The Morgan fingerprint density at radius 2 is 2.00 bits per heavy atom. The van der Waals surface area contributed by atoms with Crippen molar-refractivity contribution in [2.24, 2.45) is 0 Å². The normalized spacial score (nSPS) is 12.0. The number of sulfonamides is 1. The molecule has 0 aromatic heterocycles. The SMILES string of the molecule is CCN(CCNc1ccc(/C=C/C=O)c(C)c1)S(=O)(=O)CC. The molecule has 122 valence electrons. The Morgan fingerprint density at radius 3 is 2.55 bits per heavy atom. The number of benzene rings is 1. The minimum absolute atomic E-state index is 0.123. The van der Waals surface area contributed by atoms with E-state index < -0.39 is 10.0 Å². The van der Waals surface area contributed by atoms with Gasteiger partial charge in [-0.15, -0.1) is 0 Å². The van der Waals surface area contributed by atoms with Crippen LogP contribution in [-0.2, 0) is 14.8 Å². The summed E-state index contributed by atoms with van der Waals surface area (Å²) in [6, 6.07) is 5.83. The maximum atomic E-state index is 11.8. The molecule has 0 saturated carbocycles. The van der Waals surface area contributed by atoms with Gasteiger partial charge < -0.3 is 5.32 Å². The summed E-state index contributed by atoms with van der Waals surface area (Å²) in [6.45, 7) is 6.93. The van der Waals surface area contributed by atoms with E-state index in [0.29, 0.717) is 19.6 Å². The Bertz CT molecular complexity index is 624. The average Bonchev–Trinajstić information content (AvgIpc) is 2.50. The molecule has 0 fully saturated rings. The molecule has 0 saturated heterocycles. The largest absolute Gasteiger partial charge is 0.384 e. The molecule has 1 aromatic carbocycles. The number of allylic oxidation sites excluding steroid dienone is 1. The summed E-state index contributed by atoms with van der Waals surface area (Å²) in [6.07, 6.45) is 3.97. The van der Waals surface area contributed by atoms with Crippen molar-refractivity contribution in [1.82, 2.24) is 4.31 Å². The highest BCUT2D eigenvalue weighted by Gasteiger charge is 2.17. The highest BCUT2D eigenvalue weighted by Crippen LogP contribution is 2.16. The summed E-state index contributed by atoms with van der Waals surface area (Å²) in [5, 5.41) is 3.23. The quantitative estimate of drug-likeness (QED) is 0.559. The Kier molecular flexibility index (Phi) is 7.27. The van der Waals surface area contributed by atoms with Crippen LogP contribution in [0.4, 0.5) is 5.69 Å². The first-order valence-electron chi connectivity index (χ1n) is 7.38. The third-order valence-corrected chi connectivity index (χ3v) is 5.38. The number of aryl methyl sites for hydroxylation is 1. The van der Waals surface area contributed by atoms with Crippen LogP contribution in [0.5, 0.6) is 0 Å². The van der Waals surface area contributed by atoms with Gasteiger partial charge in [0.25, 0.3) is 0 Å². The third-order valence-electron chi connectivity index (χ3n) is 3.43. The van der Waals surface area contributed by atoms with Gasteiger partial charge in [-0.3, -0.25) is 4.79 Å². The molecule has 5 nitrogen and oxygen atoms in total. The van der Waals surface area contributed by atoms with Gasteiger partial charge in [0.05, 0.1) is 5.75 Å². The van der Waals surface area contributed by atoms with E-state index in [4.69, 9.17) is 0 Å². The number of hydrogen-bond acceptors (Lipinski definition) is 4. The van der Waals surface area contributed by atoms with Gasteiger partial charge in [0.15, 0.2) is 0 Å². The topological polar surface area (TPSA) is 66.5 Å². The number of likely N-dealkylation sites (N-methyl/N-ethyl adjacent to an activating group) is 1. The third kappa shape index (κ3) is 5.27. The van der Waals surface area contributed by atoms with Crippen LogP contribution in [0.2, 0.25) is 0 Å². The van der Waals surface area contributed by atoms with E-state index >= 15 is 0 Å². The first-order valence-corrected chi connectivity index (χ1v) is 8.99. The van der Waals surface area contributed by atoms with E-state index in [1.165, 1.54) is 10.4 Å². The van der Waals surface area contributed by atoms with Gasteiger partial charge in [0.2, 0.25) is 10.0 Å².